The molecule has 0 saturated carbocycles. The van der Waals surface area contributed by atoms with Gasteiger partial charge in [0, 0.05) is 17.0 Å². The van der Waals surface area contributed by atoms with Crippen molar-refractivity contribution in [2.45, 2.75) is 27.2 Å². The van der Waals surface area contributed by atoms with Gasteiger partial charge in [0.15, 0.2) is 0 Å². The lowest BCUT2D eigenvalue weighted by molar-refractivity contribution is -0.120. The first kappa shape index (κ1) is 13.5. The predicted octanol–water partition coefficient (Wildman–Crippen LogP) is 3.32. The Labute approximate surface area is 113 Å². The number of aryl methyl sites for hydroxylation is 1. The summed E-state index contributed by atoms with van der Waals surface area (Å²) in [4.78, 5) is 16.0. The van der Waals surface area contributed by atoms with Crippen LogP contribution in [0.4, 0.5) is 0 Å². The largest absolute Gasteiger partial charge is 0.494 e. The number of ketones is 1. The molecular weight excluding hydrogens is 238 g/mol. The van der Waals surface area contributed by atoms with Crippen molar-refractivity contribution in [3.63, 3.8) is 0 Å². The second-order valence-electron chi connectivity index (χ2n) is 4.98. The number of hydrogen-bond acceptors (Lipinski definition) is 3. The molecule has 1 unspecified atom stereocenters. The van der Waals surface area contributed by atoms with E-state index < -0.39 is 0 Å². The summed E-state index contributed by atoms with van der Waals surface area (Å²) in [5.74, 6) is 1.03. The molecule has 0 N–H and O–H groups in total. The van der Waals surface area contributed by atoms with E-state index in [9.17, 15) is 4.79 Å². The van der Waals surface area contributed by atoms with Crippen LogP contribution >= 0.6 is 0 Å². The molecule has 1 aromatic carbocycles. The zero-order chi connectivity index (χ0) is 14.0. The van der Waals surface area contributed by atoms with Gasteiger partial charge >= 0.3 is 0 Å². The summed E-state index contributed by atoms with van der Waals surface area (Å²) in [5.41, 5.74) is 2.97. The van der Waals surface area contributed by atoms with Crippen LogP contribution in [0.5, 0.6) is 5.75 Å². The van der Waals surface area contributed by atoms with Crippen LogP contribution < -0.4 is 4.74 Å². The minimum Gasteiger partial charge on any atom is -0.494 e. The van der Waals surface area contributed by atoms with Crippen LogP contribution in [-0.4, -0.2) is 17.9 Å². The summed E-state index contributed by atoms with van der Waals surface area (Å²) in [6.45, 7) is 5.57. The first-order valence-corrected chi connectivity index (χ1v) is 6.46. The third-order valence-corrected chi connectivity index (χ3v) is 3.54. The van der Waals surface area contributed by atoms with Gasteiger partial charge in [-0.1, -0.05) is 19.1 Å². The lowest BCUT2D eigenvalue weighted by Gasteiger charge is -2.12. The Bertz CT molecular complexity index is 619. The first-order chi connectivity index (χ1) is 9.02. The molecule has 3 heteroatoms. The van der Waals surface area contributed by atoms with Gasteiger partial charge in [-0.3, -0.25) is 4.79 Å². The van der Waals surface area contributed by atoms with Gasteiger partial charge in [-0.15, -0.1) is 0 Å². The van der Waals surface area contributed by atoms with E-state index in [1.54, 1.807) is 14.0 Å². The molecule has 1 aromatic heterocycles. The molecule has 0 fully saturated rings. The van der Waals surface area contributed by atoms with Crippen molar-refractivity contribution < 1.29 is 9.53 Å². The molecule has 1 heterocycles. The quantitative estimate of drug-likeness (QED) is 0.843. The molecular formula is C16H19NO2. The Balaban J connectivity index is 2.48. The SMILES string of the molecule is COc1cccc2cc(CC(C)C(C)=O)c(C)nc12. The first-order valence-electron chi connectivity index (χ1n) is 6.46. The zero-order valence-electron chi connectivity index (χ0n) is 11.9. The fraction of sp³-hybridized carbons (Fsp3) is 0.375. The van der Waals surface area contributed by atoms with Gasteiger partial charge in [0.05, 0.1) is 7.11 Å². The summed E-state index contributed by atoms with van der Waals surface area (Å²) < 4.78 is 5.33. The molecule has 0 amide bonds. The number of nitrogens with zero attached hydrogens (tertiary/aromatic N) is 1. The van der Waals surface area contributed by atoms with E-state index in [1.807, 2.05) is 32.0 Å². The predicted molar refractivity (Wildman–Crippen MR) is 76.6 cm³/mol. The molecule has 0 saturated heterocycles. The van der Waals surface area contributed by atoms with Gasteiger partial charge < -0.3 is 4.74 Å². The number of benzene rings is 1. The maximum Gasteiger partial charge on any atom is 0.145 e. The lowest BCUT2D eigenvalue weighted by atomic mass is 9.96. The van der Waals surface area contributed by atoms with Gasteiger partial charge in [-0.2, -0.15) is 0 Å². The molecule has 19 heavy (non-hydrogen) atoms. The third kappa shape index (κ3) is 2.75. The van der Waals surface area contributed by atoms with Crippen molar-refractivity contribution in [2.75, 3.05) is 7.11 Å². The minimum atomic E-state index is 0.0311. The van der Waals surface area contributed by atoms with Crippen molar-refractivity contribution in [3.05, 3.63) is 35.5 Å². The van der Waals surface area contributed by atoms with Crippen LogP contribution in [0.3, 0.4) is 0 Å². The van der Waals surface area contributed by atoms with Crippen LogP contribution in [0, 0.1) is 12.8 Å². The van der Waals surface area contributed by atoms with Gasteiger partial charge in [0.1, 0.15) is 17.0 Å². The summed E-state index contributed by atoms with van der Waals surface area (Å²) in [5, 5.41) is 1.05. The van der Waals surface area contributed by atoms with Gasteiger partial charge in [0.25, 0.3) is 0 Å². The highest BCUT2D eigenvalue weighted by atomic mass is 16.5. The Morgan fingerprint density at radius 3 is 2.79 bits per heavy atom. The number of hydrogen-bond donors (Lipinski definition) is 0. The summed E-state index contributed by atoms with van der Waals surface area (Å²) in [6.07, 6.45) is 0.737. The van der Waals surface area contributed by atoms with E-state index in [4.69, 9.17) is 4.74 Å². The van der Waals surface area contributed by atoms with E-state index in [0.29, 0.717) is 0 Å². The molecule has 1 atom stereocenters. The summed E-state index contributed by atoms with van der Waals surface area (Å²) in [6, 6.07) is 7.99. The fourth-order valence-corrected chi connectivity index (χ4v) is 2.15. The number of aromatic nitrogens is 1. The van der Waals surface area contributed by atoms with E-state index in [-0.39, 0.29) is 11.7 Å². The number of Topliss-reactive ketones (excluding diaryl/α,β-unsaturated/α-hetero) is 1. The van der Waals surface area contributed by atoms with Gasteiger partial charge in [-0.25, -0.2) is 4.98 Å². The normalized spacial score (nSPS) is 12.4. The molecule has 0 bridgehead atoms. The Morgan fingerprint density at radius 2 is 2.16 bits per heavy atom. The van der Waals surface area contributed by atoms with Crippen LogP contribution in [0.25, 0.3) is 10.9 Å². The highest BCUT2D eigenvalue weighted by Gasteiger charge is 2.13. The second kappa shape index (κ2) is 5.39. The van der Waals surface area contributed by atoms with Gasteiger partial charge in [0.2, 0.25) is 0 Å². The fourth-order valence-electron chi connectivity index (χ4n) is 2.15. The number of methoxy groups -OCH3 is 1. The highest BCUT2D eigenvalue weighted by Crippen LogP contribution is 2.26. The molecule has 3 nitrogen and oxygen atoms in total. The average Bonchev–Trinajstić information content (AvgIpc) is 2.38. The smallest absolute Gasteiger partial charge is 0.145 e. The second-order valence-corrected chi connectivity index (χ2v) is 4.98. The van der Waals surface area contributed by atoms with E-state index in [2.05, 4.69) is 11.1 Å². The molecule has 0 aliphatic rings. The number of rotatable bonds is 4. The van der Waals surface area contributed by atoms with Crippen LogP contribution in [0.15, 0.2) is 24.3 Å². The highest BCUT2D eigenvalue weighted by molar-refractivity contribution is 5.85. The standard InChI is InChI=1S/C16H19NO2/c1-10(12(3)18)8-14-9-13-6-5-7-15(19-4)16(13)17-11(14)2/h5-7,9-10H,8H2,1-4H3. The summed E-state index contributed by atoms with van der Waals surface area (Å²) in [7, 11) is 1.65. The Morgan fingerprint density at radius 1 is 1.42 bits per heavy atom. The number of para-hydroxylation sites is 1. The monoisotopic (exact) mass is 257 g/mol. The topological polar surface area (TPSA) is 39.2 Å². The Hall–Kier alpha value is -1.90. The number of ether oxygens (including phenoxy) is 1. The molecule has 0 spiro atoms. The number of carbonyl (C=O) groups is 1. The van der Waals surface area contributed by atoms with Crippen molar-refractivity contribution in [2.24, 2.45) is 5.92 Å². The van der Waals surface area contributed by atoms with Crippen LogP contribution in [0.1, 0.15) is 25.1 Å². The molecule has 2 rings (SSSR count). The maximum atomic E-state index is 11.4. The van der Waals surface area contributed by atoms with E-state index in [0.717, 1.165) is 34.3 Å². The van der Waals surface area contributed by atoms with Crippen molar-refractivity contribution in [3.8, 4) is 5.75 Å². The molecule has 0 aliphatic carbocycles. The maximum absolute atomic E-state index is 11.4. The van der Waals surface area contributed by atoms with Crippen LogP contribution in [0.2, 0.25) is 0 Å². The van der Waals surface area contributed by atoms with E-state index >= 15 is 0 Å². The van der Waals surface area contributed by atoms with Crippen LogP contribution in [-0.2, 0) is 11.2 Å². The summed E-state index contributed by atoms with van der Waals surface area (Å²) >= 11 is 0. The minimum absolute atomic E-state index is 0.0311. The van der Waals surface area contributed by atoms with Crippen molar-refractivity contribution >= 4 is 16.7 Å². The lowest BCUT2D eigenvalue weighted by Crippen LogP contribution is -2.11. The van der Waals surface area contributed by atoms with Gasteiger partial charge in [-0.05, 0) is 38.0 Å². The van der Waals surface area contributed by atoms with E-state index in [1.165, 1.54) is 0 Å². The molecule has 0 radical (unpaired) electrons. The third-order valence-electron chi connectivity index (χ3n) is 3.54. The number of fused-ring (bicyclic) bond motifs is 1. The van der Waals surface area contributed by atoms with Crippen molar-refractivity contribution in [1.29, 1.82) is 0 Å². The molecule has 100 valence electrons. The molecule has 2 aromatic rings. The zero-order valence-corrected chi connectivity index (χ0v) is 11.9. The Kier molecular flexibility index (Phi) is 3.84. The molecule has 0 aliphatic heterocycles. The van der Waals surface area contributed by atoms with Crippen molar-refractivity contribution in [1.82, 2.24) is 4.98 Å². The number of pyridine rings is 1. The number of carbonyl (C=O) groups excluding carboxylic acids is 1. The average molecular weight is 257 g/mol.